The van der Waals surface area contributed by atoms with E-state index in [-0.39, 0.29) is 6.01 Å². The average Bonchev–Trinajstić information content (AvgIpc) is 2.22. The van der Waals surface area contributed by atoms with Gasteiger partial charge in [-0.2, -0.15) is 4.98 Å². The molecule has 15 heavy (non-hydrogen) atoms. The summed E-state index contributed by atoms with van der Waals surface area (Å²) in [5, 5.41) is 0.989. The van der Waals surface area contributed by atoms with Gasteiger partial charge in [0.05, 0.1) is 0 Å². The Kier molecular flexibility index (Phi) is 3.04. The summed E-state index contributed by atoms with van der Waals surface area (Å²) in [4.78, 5) is 7.80. The largest absolute Gasteiger partial charge is 0.424 e. The van der Waals surface area contributed by atoms with Gasteiger partial charge in [-0.15, -0.1) is 0 Å². The molecule has 0 fully saturated rings. The quantitative estimate of drug-likeness (QED) is 0.753. The molecular formula is C10H6Cl2N2O. The van der Waals surface area contributed by atoms with E-state index in [2.05, 4.69) is 9.97 Å². The van der Waals surface area contributed by atoms with Crippen molar-refractivity contribution in [3.8, 4) is 11.8 Å². The first-order chi connectivity index (χ1) is 7.24. The van der Waals surface area contributed by atoms with Gasteiger partial charge in [-0.25, -0.2) is 4.98 Å². The summed E-state index contributed by atoms with van der Waals surface area (Å²) >= 11 is 11.4. The molecule has 3 nitrogen and oxygen atoms in total. The smallest absolute Gasteiger partial charge is 0.323 e. The third-order valence-corrected chi connectivity index (χ3v) is 2.08. The van der Waals surface area contributed by atoms with Gasteiger partial charge in [-0.1, -0.05) is 23.2 Å². The number of ether oxygens (including phenoxy) is 1. The van der Waals surface area contributed by atoms with Crippen molar-refractivity contribution < 1.29 is 4.74 Å². The van der Waals surface area contributed by atoms with Crippen molar-refractivity contribution in [3.05, 3.63) is 46.7 Å². The van der Waals surface area contributed by atoms with Crippen LogP contribution in [0.1, 0.15) is 0 Å². The van der Waals surface area contributed by atoms with Gasteiger partial charge in [-0.05, 0) is 30.3 Å². The third kappa shape index (κ3) is 2.81. The van der Waals surface area contributed by atoms with Gasteiger partial charge in [0.1, 0.15) is 10.9 Å². The van der Waals surface area contributed by atoms with Crippen LogP contribution >= 0.6 is 23.2 Å². The molecule has 0 saturated carbocycles. The van der Waals surface area contributed by atoms with Gasteiger partial charge in [0.2, 0.25) is 0 Å². The Hall–Kier alpha value is -1.32. The van der Waals surface area contributed by atoms with Crippen LogP contribution < -0.4 is 4.74 Å². The highest BCUT2D eigenvalue weighted by Crippen LogP contribution is 2.20. The van der Waals surface area contributed by atoms with E-state index < -0.39 is 0 Å². The van der Waals surface area contributed by atoms with E-state index in [9.17, 15) is 0 Å². The molecule has 1 heterocycles. The molecule has 2 rings (SSSR count). The van der Waals surface area contributed by atoms with Crippen LogP contribution in [-0.2, 0) is 0 Å². The molecule has 0 saturated heterocycles. The molecule has 0 atom stereocenters. The lowest BCUT2D eigenvalue weighted by atomic mass is 10.3. The van der Waals surface area contributed by atoms with E-state index in [1.807, 2.05) is 0 Å². The van der Waals surface area contributed by atoms with E-state index in [0.29, 0.717) is 15.9 Å². The van der Waals surface area contributed by atoms with Crippen LogP contribution in [-0.4, -0.2) is 9.97 Å². The SMILES string of the molecule is Clc1ccc(Oc2nccc(Cl)n2)cc1. The van der Waals surface area contributed by atoms with Gasteiger partial charge in [0.25, 0.3) is 0 Å². The molecular weight excluding hydrogens is 235 g/mol. The minimum Gasteiger partial charge on any atom is -0.424 e. The first-order valence-corrected chi connectivity index (χ1v) is 4.91. The number of halogens is 2. The maximum Gasteiger partial charge on any atom is 0.323 e. The predicted molar refractivity (Wildman–Crippen MR) is 58.6 cm³/mol. The molecule has 0 amide bonds. The van der Waals surface area contributed by atoms with E-state index in [1.54, 1.807) is 30.3 Å². The summed E-state index contributed by atoms with van der Waals surface area (Å²) in [7, 11) is 0. The molecule has 0 N–H and O–H groups in total. The summed E-state index contributed by atoms with van der Waals surface area (Å²) in [6, 6.07) is 8.70. The molecule has 5 heteroatoms. The van der Waals surface area contributed by atoms with Crippen molar-refractivity contribution in [1.29, 1.82) is 0 Å². The Morgan fingerprint density at radius 1 is 1.00 bits per heavy atom. The second-order valence-corrected chi connectivity index (χ2v) is 3.54. The second kappa shape index (κ2) is 4.47. The van der Waals surface area contributed by atoms with E-state index in [0.717, 1.165) is 0 Å². The molecule has 0 aliphatic carbocycles. The minimum absolute atomic E-state index is 0.213. The fourth-order valence-corrected chi connectivity index (χ4v) is 1.23. The lowest BCUT2D eigenvalue weighted by Crippen LogP contribution is -1.90. The van der Waals surface area contributed by atoms with Gasteiger partial charge >= 0.3 is 6.01 Å². The lowest BCUT2D eigenvalue weighted by molar-refractivity contribution is 0.442. The molecule has 2 aromatic rings. The maximum absolute atomic E-state index is 5.73. The number of nitrogens with zero attached hydrogens (tertiary/aromatic N) is 2. The molecule has 0 unspecified atom stereocenters. The van der Waals surface area contributed by atoms with Crippen LogP contribution in [0.2, 0.25) is 10.2 Å². The third-order valence-electron chi connectivity index (χ3n) is 1.62. The number of hydrogen-bond acceptors (Lipinski definition) is 3. The minimum atomic E-state index is 0.213. The molecule has 0 aliphatic heterocycles. The highest BCUT2D eigenvalue weighted by Gasteiger charge is 2.00. The fourth-order valence-electron chi connectivity index (χ4n) is 0.977. The van der Waals surface area contributed by atoms with Crippen molar-refractivity contribution in [2.24, 2.45) is 0 Å². The Labute approximate surface area is 96.6 Å². The number of rotatable bonds is 2. The van der Waals surface area contributed by atoms with Gasteiger partial charge in [-0.3, -0.25) is 0 Å². The Morgan fingerprint density at radius 3 is 2.40 bits per heavy atom. The molecule has 0 bridgehead atoms. The van der Waals surface area contributed by atoms with E-state index in [4.69, 9.17) is 27.9 Å². The monoisotopic (exact) mass is 240 g/mol. The average molecular weight is 241 g/mol. The van der Waals surface area contributed by atoms with Crippen LogP contribution in [0.3, 0.4) is 0 Å². The van der Waals surface area contributed by atoms with Crippen molar-refractivity contribution in [2.75, 3.05) is 0 Å². The van der Waals surface area contributed by atoms with Crippen molar-refractivity contribution in [3.63, 3.8) is 0 Å². The van der Waals surface area contributed by atoms with Crippen molar-refractivity contribution >= 4 is 23.2 Å². The van der Waals surface area contributed by atoms with Crippen LogP contribution in [0.4, 0.5) is 0 Å². The first kappa shape index (κ1) is 10.2. The Balaban J connectivity index is 2.18. The highest BCUT2D eigenvalue weighted by molar-refractivity contribution is 6.30. The van der Waals surface area contributed by atoms with Crippen LogP contribution in [0.15, 0.2) is 36.5 Å². The summed E-state index contributed by atoms with van der Waals surface area (Å²) in [6.45, 7) is 0. The zero-order valence-electron chi connectivity index (χ0n) is 7.52. The molecule has 1 aromatic heterocycles. The topological polar surface area (TPSA) is 35.0 Å². The zero-order valence-corrected chi connectivity index (χ0v) is 9.03. The number of benzene rings is 1. The zero-order chi connectivity index (χ0) is 10.7. The second-order valence-electron chi connectivity index (χ2n) is 2.72. The van der Waals surface area contributed by atoms with Crippen LogP contribution in [0.25, 0.3) is 0 Å². The van der Waals surface area contributed by atoms with Crippen LogP contribution in [0, 0.1) is 0 Å². The lowest BCUT2D eigenvalue weighted by Gasteiger charge is -2.02. The molecule has 0 spiro atoms. The van der Waals surface area contributed by atoms with Crippen molar-refractivity contribution in [1.82, 2.24) is 9.97 Å². The molecule has 1 aromatic carbocycles. The molecule has 0 aliphatic rings. The Morgan fingerprint density at radius 2 is 1.73 bits per heavy atom. The fraction of sp³-hybridized carbons (Fsp3) is 0. The number of aromatic nitrogens is 2. The summed E-state index contributed by atoms with van der Waals surface area (Å²) in [6.07, 6.45) is 1.53. The van der Waals surface area contributed by atoms with Crippen LogP contribution in [0.5, 0.6) is 11.8 Å². The normalized spacial score (nSPS) is 10.0. The van der Waals surface area contributed by atoms with Gasteiger partial charge in [0.15, 0.2) is 0 Å². The summed E-state index contributed by atoms with van der Waals surface area (Å²) in [5.74, 6) is 0.613. The van der Waals surface area contributed by atoms with Gasteiger partial charge < -0.3 is 4.74 Å². The van der Waals surface area contributed by atoms with E-state index in [1.165, 1.54) is 6.20 Å². The maximum atomic E-state index is 5.73. The van der Waals surface area contributed by atoms with Crippen molar-refractivity contribution in [2.45, 2.75) is 0 Å². The predicted octanol–water partition coefficient (Wildman–Crippen LogP) is 3.58. The van der Waals surface area contributed by atoms with E-state index >= 15 is 0 Å². The number of hydrogen-bond donors (Lipinski definition) is 0. The standard InChI is InChI=1S/C10H6Cl2N2O/c11-7-1-3-8(4-2-7)15-10-13-6-5-9(12)14-10/h1-6H. The molecule has 76 valence electrons. The molecule has 0 radical (unpaired) electrons. The first-order valence-electron chi connectivity index (χ1n) is 4.16. The van der Waals surface area contributed by atoms with Gasteiger partial charge in [0, 0.05) is 11.2 Å². The Bertz CT molecular complexity index is 459. The highest BCUT2D eigenvalue weighted by atomic mass is 35.5. The summed E-state index contributed by atoms with van der Waals surface area (Å²) < 4.78 is 5.35. The summed E-state index contributed by atoms with van der Waals surface area (Å²) in [5.41, 5.74) is 0.